The molecule has 0 spiro atoms. The molecule has 0 radical (unpaired) electrons. The molecule has 2 atom stereocenters. The average molecular weight is 813 g/mol. The van der Waals surface area contributed by atoms with Crippen molar-refractivity contribution < 1.29 is 17.4 Å². The van der Waals surface area contributed by atoms with Gasteiger partial charge in [-0.15, -0.1) is 24.8 Å². The molecule has 4 aromatic carbocycles. The monoisotopic (exact) mass is 810 g/mol. The van der Waals surface area contributed by atoms with Gasteiger partial charge in [0.1, 0.15) is 0 Å². The summed E-state index contributed by atoms with van der Waals surface area (Å²) in [6.07, 6.45) is 20.1. The predicted octanol–water partition coefficient (Wildman–Crippen LogP) is 14.3. The summed E-state index contributed by atoms with van der Waals surface area (Å²) in [6, 6.07) is 33.9. The van der Waals surface area contributed by atoms with Crippen LogP contribution in [0.15, 0.2) is 96.1 Å². The summed E-state index contributed by atoms with van der Waals surface area (Å²) in [7, 11) is 0. The Bertz CT molecular complexity index is 2000. The Kier molecular flexibility index (Phi) is 11.7. The van der Waals surface area contributed by atoms with Gasteiger partial charge in [-0.2, -0.15) is 0 Å². The van der Waals surface area contributed by atoms with Crippen LogP contribution in [0.4, 0.5) is 0 Å². The van der Waals surface area contributed by atoms with Crippen LogP contribution in [0.25, 0.3) is 34.4 Å². The number of benzene rings is 4. The van der Waals surface area contributed by atoms with Crippen molar-refractivity contribution in [2.75, 3.05) is 0 Å². The fraction of sp³-hybridized carbons (Fsp3) is 0.404. The molecule has 0 heterocycles. The summed E-state index contributed by atoms with van der Waals surface area (Å²) in [6.45, 7) is 7.33. The summed E-state index contributed by atoms with van der Waals surface area (Å²) in [5.41, 5.74) is 18.1. The van der Waals surface area contributed by atoms with Crippen LogP contribution in [0.2, 0.25) is 9.26 Å². The van der Waals surface area contributed by atoms with Crippen molar-refractivity contribution in [3.63, 3.8) is 0 Å². The molecule has 2 unspecified atom stereocenters. The summed E-state index contributed by atoms with van der Waals surface area (Å²) < 4.78 is 6.68. The Hall–Kier alpha value is -1.96. The number of fused-ring (bicyclic) bond motifs is 2. The SMILES string of the molecule is CCC1=Cc2c(-c3ccc(C4CCCCC4)cc3)cccc2[CH]1[Zr]([CH3])([CH3])(=[SiH2])[CH]1C(C)=Cc2c(-c3ccc(C4CCCCC4)cc3)cccc21.Cl.Cl. The van der Waals surface area contributed by atoms with E-state index in [-0.39, 0.29) is 24.8 Å². The van der Waals surface area contributed by atoms with Gasteiger partial charge in [-0.1, -0.05) is 0 Å². The molecule has 2 saturated carbocycles. The summed E-state index contributed by atoms with van der Waals surface area (Å²) in [4.78, 5) is 0. The van der Waals surface area contributed by atoms with Crippen LogP contribution in [0.5, 0.6) is 0 Å². The molecule has 0 saturated heterocycles. The summed E-state index contributed by atoms with van der Waals surface area (Å²) >= 11 is -3.61. The van der Waals surface area contributed by atoms with Crippen LogP contribution in [-0.2, 0) is 17.4 Å². The van der Waals surface area contributed by atoms with E-state index in [1.165, 1.54) is 97.6 Å². The number of rotatable bonds is 7. The largest absolute Gasteiger partial charge is 0.147 e. The zero-order valence-corrected chi connectivity index (χ0v) is 36.9. The van der Waals surface area contributed by atoms with E-state index in [9.17, 15) is 0 Å². The van der Waals surface area contributed by atoms with Gasteiger partial charge in [-0.25, -0.2) is 0 Å². The van der Waals surface area contributed by atoms with E-state index in [1.807, 2.05) is 0 Å². The maximum Gasteiger partial charge on any atom is -0.147 e. The molecule has 51 heavy (non-hydrogen) atoms. The van der Waals surface area contributed by atoms with Crippen LogP contribution in [0.3, 0.4) is 0 Å². The van der Waals surface area contributed by atoms with Gasteiger partial charge in [0.2, 0.25) is 0 Å². The first kappa shape index (κ1) is 38.8. The number of halogens is 2. The molecule has 0 amide bonds. The minimum atomic E-state index is -3.61. The van der Waals surface area contributed by atoms with E-state index < -0.39 is 17.4 Å². The molecule has 4 heteroatoms. The van der Waals surface area contributed by atoms with Crippen molar-refractivity contribution in [1.82, 2.24) is 0 Å². The van der Waals surface area contributed by atoms with Crippen LogP contribution < -0.4 is 0 Å². The molecule has 0 bridgehead atoms. The summed E-state index contributed by atoms with van der Waals surface area (Å²) in [5.74, 6) is 1.51. The first-order valence-corrected chi connectivity index (χ1v) is 33.3. The Morgan fingerprint density at radius 3 is 1.45 bits per heavy atom. The second kappa shape index (κ2) is 15.4. The molecular weight excluding hydrogens is 755 g/mol. The first-order valence-electron chi connectivity index (χ1n) is 19.6. The van der Waals surface area contributed by atoms with Gasteiger partial charge < -0.3 is 0 Å². The standard InChI is InChI=1S/C23H25.C22H23.2CH3.2ClH.H2Si.Zr/c1-2-17-15-21-9-6-10-22(23(21)16-17)20-13-11-19(12-14-20)18-7-4-3-5-8-18;1-16-14-20-8-5-9-21(22(20)15-16)19-12-10-18(11-13-19)17-6-3-2-4-7-17;;;;;;/h6,9-16,18H,2-5,7-8H2,1H3;5,8-15,17H,2-4,6-7H2,1H3;2*1H3;2*1H;1H2;. The number of hydrogen-bond acceptors (Lipinski definition) is 0. The molecular formula is C47H58Cl2SiZr. The van der Waals surface area contributed by atoms with Crippen LogP contribution in [-0.4, -0.2) is 6.88 Å². The number of allylic oxidation sites excluding steroid dienone is 2. The normalized spacial score (nSPS) is 20.8. The Morgan fingerprint density at radius 2 is 1.00 bits per heavy atom. The maximum absolute atomic E-state index is 3.61. The van der Waals surface area contributed by atoms with Crippen molar-refractivity contribution in [1.29, 1.82) is 0 Å². The smallest absolute Gasteiger partial charge is 0.147 e. The van der Waals surface area contributed by atoms with Gasteiger partial charge in [0.25, 0.3) is 0 Å². The van der Waals surface area contributed by atoms with Gasteiger partial charge in [0.15, 0.2) is 0 Å². The summed E-state index contributed by atoms with van der Waals surface area (Å²) in [5, 5.41) is 0. The van der Waals surface area contributed by atoms with E-state index in [2.05, 4.69) is 127 Å². The average Bonchev–Trinajstić information content (AvgIpc) is 3.71. The molecule has 4 aromatic rings. The fourth-order valence-electron chi connectivity index (χ4n) is 11.1. The predicted molar refractivity (Wildman–Crippen MR) is 228 cm³/mol. The second-order valence-electron chi connectivity index (χ2n) is 17.3. The third-order valence-electron chi connectivity index (χ3n) is 13.3. The minimum absolute atomic E-state index is 0. The number of hydrogen-bond donors (Lipinski definition) is 0. The van der Waals surface area contributed by atoms with Gasteiger partial charge >= 0.3 is 301 Å². The second-order valence-corrected chi connectivity index (χ2v) is 47.8. The maximum atomic E-state index is 2.79. The quantitative estimate of drug-likeness (QED) is 0.163. The Labute approximate surface area is 323 Å². The molecule has 8 rings (SSSR count). The van der Waals surface area contributed by atoms with E-state index in [4.69, 9.17) is 0 Å². The molecule has 4 aliphatic rings. The van der Waals surface area contributed by atoms with Crippen LogP contribution in [0.1, 0.15) is 137 Å². The molecule has 2 fully saturated rings. The van der Waals surface area contributed by atoms with E-state index in [1.54, 1.807) is 33.4 Å². The van der Waals surface area contributed by atoms with Crippen molar-refractivity contribution in [3.05, 3.63) is 129 Å². The van der Waals surface area contributed by atoms with E-state index >= 15 is 0 Å². The molecule has 268 valence electrons. The Balaban J connectivity index is 0.00000224. The van der Waals surface area contributed by atoms with Crippen LogP contribution in [0, 0.1) is 0 Å². The van der Waals surface area contributed by atoms with Gasteiger partial charge in [0.05, 0.1) is 0 Å². The van der Waals surface area contributed by atoms with Gasteiger partial charge in [0, 0.05) is 0 Å². The molecule has 0 aromatic heterocycles. The Morgan fingerprint density at radius 1 is 0.569 bits per heavy atom. The van der Waals surface area contributed by atoms with Gasteiger partial charge in [-0.05, 0) is 0 Å². The van der Waals surface area contributed by atoms with Crippen molar-refractivity contribution in [2.24, 2.45) is 0 Å². The van der Waals surface area contributed by atoms with Crippen LogP contribution >= 0.6 is 24.8 Å². The fourth-order valence-corrected chi connectivity index (χ4v) is 31.8. The minimum Gasteiger partial charge on any atom is -0.147 e. The topological polar surface area (TPSA) is 0 Å². The van der Waals surface area contributed by atoms with Gasteiger partial charge in [-0.3, -0.25) is 0 Å². The zero-order valence-electron chi connectivity index (χ0n) is 31.3. The third-order valence-corrected chi connectivity index (χ3v) is 31.0. The van der Waals surface area contributed by atoms with Crippen molar-refractivity contribution >= 4 is 43.8 Å². The third kappa shape index (κ3) is 7.07. The van der Waals surface area contributed by atoms with Crippen molar-refractivity contribution in [2.45, 2.75) is 113 Å². The molecule has 0 N–H and O–H groups in total. The van der Waals surface area contributed by atoms with E-state index in [0.29, 0.717) is 7.25 Å². The molecule has 0 nitrogen and oxygen atoms in total. The first-order chi connectivity index (χ1) is 23.7. The zero-order chi connectivity index (χ0) is 33.8. The van der Waals surface area contributed by atoms with E-state index in [0.717, 1.165) is 18.3 Å². The molecule has 0 aliphatic heterocycles. The van der Waals surface area contributed by atoms with Crippen molar-refractivity contribution in [3.8, 4) is 22.3 Å². The molecule has 4 aliphatic carbocycles.